The van der Waals surface area contributed by atoms with E-state index in [-0.39, 0.29) is 5.75 Å². The molecule has 1 unspecified atom stereocenters. The lowest BCUT2D eigenvalue weighted by molar-refractivity contribution is 0.257. The second-order valence-corrected chi connectivity index (χ2v) is 6.81. The van der Waals surface area contributed by atoms with Crippen molar-refractivity contribution in [1.82, 2.24) is 0 Å². The Hall–Kier alpha value is -1.85. The van der Waals surface area contributed by atoms with Gasteiger partial charge >= 0.3 is 6.03 Å². The van der Waals surface area contributed by atoms with Gasteiger partial charge in [0.2, 0.25) is 0 Å². The molecule has 0 aliphatic heterocycles. The van der Waals surface area contributed by atoms with Crippen molar-refractivity contribution in [3.8, 4) is 0 Å². The number of hydrogen-bond acceptors (Lipinski definition) is 2. The second-order valence-electron chi connectivity index (χ2n) is 4.15. The normalized spacial score (nSPS) is 13.4. The second kappa shape index (κ2) is 6.07. The first-order valence-electron chi connectivity index (χ1n) is 5.83. The lowest BCUT2D eigenvalue weighted by Gasteiger charge is -2.10. The third-order valence-corrected chi connectivity index (χ3v) is 5.08. The summed E-state index contributed by atoms with van der Waals surface area (Å²) in [5.74, 6) is 0.123. The Bertz CT molecular complexity index is 721. The molecule has 0 saturated heterocycles. The minimum absolute atomic E-state index is 0.123. The van der Waals surface area contributed by atoms with Gasteiger partial charge in [0, 0.05) is 9.92 Å². The fraction of sp³-hybridized carbons (Fsp3) is 0.0714. The number of urea groups is 1. The molecule has 0 fully saturated rings. The van der Waals surface area contributed by atoms with Gasteiger partial charge in [0.15, 0.2) is 0 Å². The number of hydrogen-bond donors (Lipinski definition) is 1. The summed E-state index contributed by atoms with van der Waals surface area (Å²) in [6, 6.07) is 14.6. The van der Waals surface area contributed by atoms with Crippen LogP contribution in [0.25, 0.3) is 0 Å². The minimum Gasteiger partial charge on any atom is -0.349 e. The summed E-state index contributed by atoms with van der Waals surface area (Å²) in [7, 11) is -2.94. The number of amides is 2. The summed E-state index contributed by atoms with van der Waals surface area (Å²) in [5.41, 5.74) is 5.91. The summed E-state index contributed by atoms with van der Waals surface area (Å²) < 4.78 is 16.6. The first kappa shape index (κ1) is 14.6. The van der Waals surface area contributed by atoms with E-state index < -0.39 is 15.8 Å². The Morgan fingerprint density at radius 1 is 1.10 bits per heavy atom. The Balaban J connectivity index is 2.49. The summed E-state index contributed by atoms with van der Waals surface area (Å²) in [6.45, 7) is 0. The van der Waals surface area contributed by atoms with Crippen LogP contribution in [0.4, 0.5) is 4.79 Å². The van der Waals surface area contributed by atoms with Crippen molar-refractivity contribution in [3.05, 3.63) is 65.2 Å². The zero-order valence-electron chi connectivity index (χ0n) is 10.5. The topological polar surface area (TPSA) is 72.5 Å². The molecule has 0 aliphatic rings. The number of nitrogens with zero attached hydrogens (tertiary/aromatic N) is 1. The van der Waals surface area contributed by atoms with Crippen molar-refractivity contribution < 1.29 is 9.00 Å². The van der Waals surface area contributed by atoms with Crippen LogP contribution < -0.4 is 5.73 Å². The van der Waals surface area contributed by atoms with Gasteiger partial charge in [-0.1, -0.05) is 41.9 Å². The van der Waals surface area contributed by atoms with E-state index in [9.17, 15) is 9.00 Å². The highest BCUT2D eigenvalue weighted by molar-refractivity contribution is 7.93. The highest BCUT2D eigenvalue weighted by atomic mass is 35.5. The molecule has 0 radical (unpaired) electrons. The molecule has 0 heterocycles. The number of benzene rings is 2. The molecule has 104 valence electrons. The first-order chi connectivity index (χ1) is 9.49. The smallest absolute Gasteiger partial charge is 0.346 e. The summed E-state index contributed by atoms with van der Waals surface area (Å²) in [6.07, 6.45) is 0. The molecule has 0 aliphatic carbocycles. The molecule has 0 bridgehead atoms. The predicted molar refractivity (Wildman–Crippen MR) is 80.0 cm³/mol. The SMILES string of the molecule is NC(=O)N=S(=O)(Cc1ccccc1)c1ccc(Cl)cc1. The van der Waals surface area contributed by atoms with Gasteiger partial charge in [-0.3, -0.25) is 0 Å². The Morgan fingerprint density at radius 3 is 2.25 bits per heavy atom. The largest absolute Gasteiger partial charge is 0.349 e. The molecule has 1 atom stereocenters. The van der Waals surface area contributed by atoms with Gasteiger partial charge < -0.3 is 5.73 Å². The van der Waals surface area contributed by atoms with Gasteiger partial charge in [0.25, 0.3) is 0 Å². The lowest BCUT2D eigenvalue weighted by Crippen LogP contribution is -2.12. The summed E-state index contributed by atoms with van der Waals surface area (Å²) in [5, 5.41) is 0.522. The molecule has 0 saturated carbocycles. The van der Waals surface area contributed by atoms with E-state index in [0.29, 0.717) is 9.92 Å². The van der Waals surface area contributed by atoms with Gasteiger partial charge in [0.05, 0.1) is 15.5 Å². The molecular weight excluding hydrogens is 296 g/mol. The number of primary amides is 1. The average Bonchev–Trinajstić information content (AvgIpc) is 2.39. The lowest BCUT2D eigenvalue weighted by atomic mass is 10.2. The molecule has 2 N–H and O–H groups in total. The van der Waals surface area contributed by atoms with Gasteiger partial charge in [-0.05, 0) is 29.8 Å². The van der Waals surface area contributed by atoms with E-state index in [1.165, 1.54) is 0 Å². The molecular formula is C14H13ClN2O2S. The molecule has 2 rings (SSSR count). The van der Waals surface area contributed by atoms with Crippen molar-refractivity contribution in [2.75, 3.05) is 0 Å². The maximum absolute atomic E-state index is 13.0. The zero-order valence-corrected chi connectivity index (χ0v) is 12.1. The van der Waals surface area contributed by atoms with Crippen LogP contribution in [-0.2, 0) is 15.5 Å². The molecule has 0 spiro atoms. The maximum Gasteiger partial charge on any atom is 0.346 e. The van der Waals surface area contributed by atoms with Crippen molar-refractivity contribution in [3.63, 3.8) is 0 Å². The van der Waals surface area contributed by atoms with Crippen LogP contribution in [0.15, 0.2) is 63.9 Å². The molecule has 0 aromatic heterocycles. The average molecular weight is 309 g/mol. The highest BCUT2D eigenvalue weighted by Crippen LogP contribution is 2.21. The van der Waals surface area contributed by atoms with E-state index in [1.54, 1.807) is 24.3 Å². The first-order valence-corrected chi connectivity index (χ1v) is 7.90. The van der Waals surface area contributed by atoms with Crippen molar-refractivity contribution in [1.29, 1.82) is 0 Å². The standard InChI is InChI=1S/C14H13ClN2O2S/c15-12-6-8-13(9-7-12)20(19,17-14(16)18)10-11-4-2-1-3-5-11/h1-9H,10H2,(H2,16,18). The third kappa shape index (κ3) is 3.59. The predicted octanol–water partition coefficient (Wildman–Crippen LogP) is 3.45. The van der Waals surface area contributed by atoms with Crippen LogP contribution in [-0.4, -0.2) is 10.2 Å². The fourth-order valence-electron chi connectivity index (χ4n) is 1.76. The minimum atomic E-state index is -2.94. The van der Waals surface area contributed by atoms with Crippen LogP contribution in [0, 0.1) is 0 Å². The molecule has 2 aromatic carbocycles. The van der Waals surface area contributed by atoms with Gasteiger partial charge in [-0.2, -0.15) is 0 Å². The maximum atomic E-state index is 13.0. The van der Waals surface area contributed by atoms with Crippen molar-refractivity contribution in [2.45, 2.75) is 10.6 Å². The number of rotatable bonds is 3. The van der Waals surface area contributed by atoms with E-state index in [4.69, 9.17) is 17.3 Å². The van der Waals surface area contributed by atoms with E-state index in [1.807, 2.05) is 30.3 Å². The highest BCUT2D eigenvalue weighted by Gasteiger charge is 2.15. The Labute approximate surface area is 122 Å². The van der Waals surface area contributed by atoms with Crippen molar-refractivity contribution >= 4 is 27.4 Å². The molecule has 20 heavy (non-hydrogen) atoms. The van der Waals surface area contributed by atoms with Crippen molar-refractivity contribution in [2.24, 2.45) is 10.1 Å². The number of carbonyl (C=O) groups is 1. The van der Waals surface area contributed by atoms with Gasteiger partial charge in [-0.15, -0.1) is 4.36 Å². The fourth-order valence-corrected chi connectivity index (χ4v) is 3.72. The van der Waals surface area contributed by atoms with Gasteiger partial charge in [0.1, 0.15) is 0 Å². The van der Waals surface area contributed by atoms with Gasteiger partial charge in [-0.25, -0.2) is 9.00 Å². The van der Waals surface area contributed by atoms with Crippen LogP contribution in [0.5, 0.6) is 0 Å². The molecule has 2 amide bonds. The van der Waals surface area contributed by atoms with E-state index in [2.05, 4.69) is 4.36 Å². The summed E-state index contributed by atoms with van der Waals surface area (Å²) in [4.78, 5) is 11.5. The number of nitrogens with two attached hydrogens (primary N) is 1. The number of halogens is 1. The molecule has 6 heteroatoms. The van der Waals surface area contributed by atoms with E-state index in [0.717, 1.165) is 5.56 Å². The van der Waals surface area contributed by atoms with Crippen LogP contribution in [0.3, 0.4) is 0 Å². The van der Waals surface area contributed by atoms with Crippen LogP contribution in [0.2, 0.25) is 5.02 Å². The van der Waals surface area contributed by atoms with Crippen LogP contribution in [0.1, 0.15) is 5.56 Å². The summed E-state index contributed by atoms with van der Waals surface area (Å²) >= 11 is 5.81. The monoisotopic (exact) mass is 308 g/mol. The van der Waals surface area contributed by atoms with Crippen LogP contribution >= 0.6 is 11.6 Å². The van der Waals surface area contributed by atoms with E-state index >= 15 is 0 Å². The Morgan fingerprint density at radius 2 is 1.70 bits per heavy atom. The number of carbonyl (C=O) groups excluding carboxylic acids is 1. The zero-order chi connectivity index (χ0) is 14.6. The molecule has 2 aromatic rings. The third-order valence-electron chi connectivity index (χ3n) is 2.62. The molecule has 4 nitrogen and oxygen atoms in total. The quantitative estimate of drug-likeness (QED) is 0.943. The Kier molecular flexibility index (Phi) is 4.42.